The van der Waals surface area contributed by atoms with Crippen LogP contribution in [-0.2, 0) is 10.2 Å². The standard InChI is InChI=1S/C11H8F4N4O/c1-10(11(13,14)15)4-18(5-20)7-3-16-9-6(12)2-17-19(9)8(7)10/h2-3,5H,4H2,1H3. The maximum absolute atomic E-state index is 13.4. The van der Waals surface area contributed by atoms with E-state index in [1.165, 1.54) is 0 Å². The van der Waals surface area contributed by atoms with Crippen LogP contribution in [0.4, 0.5) is 23.2 Å². The van der Waals surface area contributed by atoms with Gasteiger partial charge in [-0.25, -0.2) is 13.9 Å². The van der Waals surface area contributed by atoms with Crippen molar-refractivity contribution < 1.29 is 22.4 Å². The predicted molar refractivity (Wildman–Crippen MR) is 59.8 cm³/mol. The van der Waals surface area contributed by atoms with E-state index in [4.69, 9.17) is 0 Å². The van der Waals surface area contributed by atoms with Gasteiger partial charge in [0.25, 0.3) is 0 Å². The molecule has 106 valence electrons. The fourth-order valence-electron chi connectivity index (χ4n) is 2.44. The third kappa shape index (κ3) is 1.40. The van der Waals surface area contributed by atoms with Gasteiger partial charge < -0.3 is 4.90 Å². The van der Waals surface area contributed by atoms with Crippen molar-refractivity contribution in [3.8, 4) is 0 Å². The topological polar surface area (TPSA) is 50.5 Å². The summed E-state index contributed by atoms with van der Waals surface area (Å²) in [6.45, 7) is 0.367. The highest BCUT2D eigenvalue weighted by Crippen LogP contribution is 2.49. The number of aromatic nitrogens is 3. The Morgan fingerprint density at radius 1 is 1.40 bits per heavy atom. The molecule has 0 aliphatic carbocycles. The molecular formula is C11H8F4N4O. The van der Waals surface area contributed by atoms with Crippen LogP contribution >= 0.6 is 0 Å². The van der Waals surface area contributed by atoms with Crippen LogP contribution in [0.5, 0.6) is 0 Å². The van der Waals surface area contributed by atoms with Gasteiger partial charge in [0.05, 0.1) is 23.8 Å². The highest BCUT2D eigenvalue weighted by atomic mass is 19.4. The largest absolute Gasteiger partial charge is 0.401 e. The van der Waals surface area contributed by atoms with Crippen molar-refractivity contribution in [2.24, 2.45) is 0 Å². The van der Waals surface area contributed by atoms with Crippen molar-refractivity contribution in [3.05, 3.63) is 23.9 Å². The van der Waals surface area contributed by atoms with Gasteiger partial charge in [-0.2, -0.15) is 18.3 Å². The van der Waals surface area contributed by atoms with E-state index in [2.05, 4.69) is 10.1 Å². The highest BCUT2D eigenvalue weighted by molar-refractivity contribution is 5.81. The van der Waals surface area contributed by atoms with Crippen molar-refractivity contribution in [3.63, 3.8) is 0 Å². The predicted octanol–water partition coefficient (Wildman–Crippen LogP) is 1.66. The van der Waals surface area contributed by atoms with Gasteiger partial charge in [-0.15, -0.1) is 0 Å². The van der Waals surface area contributed by atoms with Crippen molar-refractivity contribution in [2.45, 2.75) is 18.5 Å². The summed E-state index contributed by atoms with van der Waals surface area (Å²) in [6, 6.07) is 0. The number of carbonyl (C=O) groups is 1. The molecule has 5 nitrogen and oxygen atoms in total. The van der Waals surface area contributed by atoms with Crippen LogP contribution in [0.15, 0.2) is 12.4 Å². The average molecular weight is 288 g/mol. The molecule has 1 aliphatic heterocycles. The zero-order valence-corrected chi connectivity index (χ0v) is 10.1. The normalized spacial score (nSPS) is 22.4. The van der Waals surface area contributed by atoms with E-state index >= 15 is 0 Å². The fraction of sp³-hybridized carbons (Fsp3) is 0.364. The number of alkyl halides is 3. The Balaban J connectivity index is 2.39. The number of amides is 1. The number of anilines is 1. The number of halogens is 4. The van der Waals surface area contributed by atoms with Crippen LogP contribution in [0.1, 0.15) is 12.6 Å². The molecule has 0 fully saturated rings. The first-order valence-electron chi connectivity index (χ1n) is 5.61. The molecule has 1 unspecified atom stereocenters. The van der Waals surface area contributed by atoms with Gasteiger partial charge in [0.1, 0.15) is 5.41 Å². The molecule has 0 saturated carbocycles. The summed E-state index contributed by atoms with van der Waals surface area (Å²) in [5.41, 5.74) is -2.93. The molecule has 0 saturated heterocycles. The quantitative estimate of drug-likeness (QED) is 0.592. The van der Waals surface area contributed by atoms with Gasteiger partial charge in [-0.1, -0.05) is 0 Å². The summed E-state index contributed by atoms with van der Waals surface area (Å²) in [5.74, 6) is -0.818. The molecule has 1 atom stereocenters. The summed E-state index contributed by atoms with van der Waals surface area (Å²) < 4.78 is 54.3. The molecule has 0 spiro atoms. The van der Waals surface area contributed by atoms with E-state index in [1.54, 1.807) is 0 Å². The molecule has 2 aromatic rings. The van der Waals surface area contributed by atoms with Crippen molar-refractivity contribution in [1.82, 2.24) is 14.6 Å². The summed E-state index contributed by atoms with van der Waals surface area (Å²) in [5, 5.41) is 3.60. The minimum Gasteiger partial charge on any atom is -0.311 e. The smallest absolute Gasteiger partial charge is 0.311 e. The number of carbonyl (C=O) groups excluding carboxylic acids is 1. The number of fused-ring (bicyclic) bond motifs is 3. The van der Waals surface area contributed by atoms with Gasteiger partial charge in [-0.3, -0.25) is 4.79 Å². The van der Waals surface area contributed by atoms with E-state index < -0.39 is 24.0 Å². The number of nitrogens with zero attached hydrogens (tertiary/aromatic N) is 4. The zero-order chi connectivity index (χ0) is 14.7. The van der Waals surface area contributed by atoms with Crippen molar-refractivity contribution in [2.75, 3.05) is 11.4 Å². The first kappa shape index (κ1) is 12.8. The molecule has 3 heterocycles. The van der Waals surface area contributed by atoms with E-state index in [0.29, 0.717) is 6.41 Å². The maximum Gasteiger partial charge on any atom is 0.401 e. The first-order valence-corrected chi connectivity index (χ1v) is 5.61. The molecule has 0 N–H and O–H groups in total. The van der Waals surface area contributed by atoms with Crippen LogP contribution in [0.25, 0.3) is 5.65 Å². The third-order valence-electron chi connectivity index (χ3n) is 3.54. The Kier molecular flexibility index (Phi) is 2.36. The number of hydrogen-bond donors (Lipinski definition) is 0. The first-order chi connectivity index (χ1) is 9.29. The van der Waals surface area contributed by atoms with Crippen molar-refractivity contribution >= 4 is 17.7 Å². The second-order valence-electron chi connectivity index (χ2n) is 4.78. The molecule has 20 heavy (non-hydrogen) atoms. The lowest BCUT2D eigenvalue weighted by Gasteiger charge is -2.27. The minimum atomic E-state index is -4.61. The molecule has 1 amide bonds. The highest BCUT2D eigenvalue weighted by Gasteiger charge is 2.59. The van der Waals surface area contributed by atoms with E-state index in [1.807, 2.05) is 0 Å². The minimum absolute atomic E-state index is 0.0181. The number of rotatable bonds is 1. The van der Waals surface area contributed by atoms with E-state index in [0.717, 1.165) is 28.7 Å². The molecule has 3 rings (SSSR count). The zero-order valence-electron chi connectivity index (χ0n) is 10.1. The fourth-order valence-corrected chi connectivity index (χ4v) is 2.44. The Morgan fingerprint density at radius 3 is 2.70 bits per heavy atom. The van der Waals surface area contributed by atoms with Crippen LogP contribution in [0.2, 0.25) is 0 Å². The van der Waals surface area contributed by atoms with Crippen LogP contribution in [-0.4, -0.2) is 33.7 Å². The maximum atomic E-state index is 13.4. The second kappa shape index (κ2) is 3.68. The van der Waals surface area contributed by atoms with Crippen molar-refractivity contribution in [1.29, 1.82) is 0 Å². The molecule has 2 aromatic heterocycles. The van der Waals surface area contributed by atoms with Gasteiger partial charge in [0.2, 0.25) is 6.41 Å². The molecule has 0 radical (unpaired) electrons. The molecule has 9 heteroatoms. The average Bonchev–Trinajstić information content (AvgIpc) is 2.89. The molecule has 0 bridgehead atoms. The Morgan fingerprint density at radius 2 is 2.10 bits per heavy atom. The Bertz CT molecular complexity index is 710. The lowest BCUT2D eigenvalue weighted by Crippen LogP contribution is -2.44. The Labute approximate surface area is 109 Å². The summed E-state index contributed by atoms with van der Waals surface area (Å²) in [4.78, 5) is 15.6. The Hall–Kier alpha value is -2.19. The van der Waals surface area contributed by atoms with Gasteiger partial charge in [0, 0.05) is 6.54 Å². The summed E-state index contributed by atoms with van der Waals surface area (Å²) in [7, 11) is 0. The lowest BCUT2D eigenvalue weighted by molar-refractivity contribution is -0.181. The molecular weight excluding hydrogens is 280 g/mol. The molecule has 0 aromatic carbocycles. The second-order valence-corrected chi connectivity index (χ2v) is 4.78. The van der Waals surface area contributed by atoms with E-state index in [9.17, 15) is 22.4 Å². The van der Waals surface area contributed by atoms with E-state index in [-0.39, 0.29) is 17.0 Å². The van der Waals surface area contributed by atoms with Gasteiger partial charge >= 0.3 is 6.18 Å². The molecule has 1 aliphatic rings. The van der Waals surface area contributed by atoms with Crippen LogP contribution in [0, 0.1) is 5.82 Å². The SMILES string of the molecule is CC1(C(F)(F)F)CN(C=O)c2cnc3c(F)cnn3c21. The monoisotopic (exact) mass is 288 g/mol. The summed E-state index contributed by atoms with van der Waals surface area (Å²) >= 11 is 0. The number of hydrogen-bond acceptors (Lipinski definition) is 3. The lowest BCUT2D eigenvalue weighted by atomic mass is 9.88. The van der Waals surface area contributed by atoms with Gasteiger partial charge in [-0.05, 0) is 6.92 Å². The van der Waals surface area contributed by atoms with Crippen LogP contribution < -0.4 is 4.90 Å². The summed E-state index contributed by atoms with van der Waals surface area (Å²) in [6.07, 6.45) is -2.47. The van der Waals surface area contributed by atoms with Gasteiger partial charge in [0.15, 0.2) is 11.5 Å². The van der Waals surface area contributed by atoms with Crippen LogP contribution in [0.3, 0.4) is 0 Å². The third-order valence-corrected chi connectivity index (χ3v) is 3.54.